The molecule has 0 aromatic carbocycles. The van der Waals surface area contributed by atoms with E-state index in [1.807, 2.05) is 23.0 Å². The molecule has 1 atom stereocenters. The van der Waals surface area contributed by atoms with Gasteiger partial charge in [-0.25, -0.2) is 9.97 Å². The number of piperazine rings is 1. The lowest BCUT2D eigenvalue weighted by Gasteiger charge is -2.31. The maximum absolute atomic E-state index is 4.49. The second-order valence-corrected chi connectivity index (χ2v) is 5.08. The predicted octanol–water partition coefficient (Wildman–Crippen LogP) is 1.06. The van der Waals surface area contributed by atoms with Crippen LogP contribution in [0.3, 0.4) is 0 Å². The molecule has 2 aromatic rings. The van der Waals surface area contributed by atoms with E-state index in [4.69, 9.17) is 0 Å². The lowest BCUT2D eigenvalue weighted by molar-refractivity contribution is 0.199. The zero-order valence-corrected chi connectivity index (χ0v) is 11.2. The van der Waals surface area contributed by atoms with Crippen LogP contribution in [0.25, 0.3) is 5.82 Å². The van der Waals surface area contributed by atoms with Crippen LogP contribution in [0.1, 0.15) is 12.5 Å². The molecule has 0 radical (unpaired) electrons. The Morgan fingerprint density at radius 2 is 2.37 bits per heavy atom. The van der Waals surface area contributed by atoms with Crippen LogP contribution in [0.4, 0.5) is 0 Å². The molecule has 0 aliphatic carbocycles. The van der Waals surface area contributed by atoms with Crippen molar-refractivity contribution >= 4 is 0 Å². The number of aromatic nitrogens is 3. The Balaban J connectivity index is 1.66. The van der Waals surface area contributed by atoms with E-state index in [2.05, 4.69) is 33.2 Å². The van der Waals surface area contributed by atoms with Crippen LogP contribution in [-0.2, 0) is 6.54 Å². The molecular weight excluding hydrogens is 238 g/mol. The Labute approximate surface area is 113 Å². The molecule has 3 heterocycles. The summed E-state index contributed by atoms with van der Waals surface area (Å²) in [5, 5.41) is 3.46. The van der Waals surface area contributed by atoms with Gasteiger partial charge in [-0.2, -0.15) is 0 Å². The zero-order chi connectivity index (χ0) is 13.1. The molecule has 0 amide bonds. The number of nitrogens with one attached hydrogen (secondary N) is 1. The van der Waals surface area contributed by atoms with E-state index in [-0.39, 0.29) is 0 Å². The van der Waals surface area contributed by atoms with Crippen LogP contribution in [-0.4, -0.2) is 45.1 Å². The highest BCUT2D eigenvalue weighted by molar-refractivity contribution is 5.25. The van der Waals surface area contributed by atoms with Gasteiger partial charge in [0, 0.05) is 50.8 Å². The van der Waals surface area contributed by atoms with Gasteiger partial charge >= 0.3 is 0 Å². The summed E-state index contributed by atoms with van der Waals surface area (Å²) in [4.78, 5) is 11.0. The summed E-state index contributed by atoms with van der Waals surface area (Å²) in [5.74, 6) is 0.912. The normalized spacial score (nSPS) is 20.6. The third-order valence-electron chi connectivity index (χ3n) is 3.44. The fraction of sp³-hybridized carbons (Fsp3) is 0.429. The van der Waals surface area contributed by atoms with Crippen molar-refractivity contribution in [2.24, 2.45) is 0 Å². The minimum Gasteiger partial charge on any atom is -0.312 e. The molecule has 1 aliphatic rings. The van der Waals surface area contributed by atoms with Crippen molar-refractivity contribution in [3.63, 3.8) is 0 Å². The van der Waals surface area contributed by atoms with Gasteiger partial charge in [0.25, 0.3) is 0 Å². The van der Waals surface area contributed by atoms with Crippen molar-refractivity contribution in [2.45, 2.75) is 19.5 Å². The molecule has 5 heteroatoms. The van der Waals surface area contributed by atoms with E-state index in [9.17, 15) is 0 Å². The van der Waals surface area contributed by atoms with Gasteiger partial charge in [0.15, 0.2) is 0 Å². The second kappa shape index (κ2) is 5.50. The van der Waals surface area contributed by atoms with Crippen LogP contribution in [0.15, 0.2) is 37.1 Å². The number of hydrogen-bond donors (Lipinski definition) is 1. The lowest BCUT2D eigenvalue weighted by atomic mass is 10.2. The van der Waals surface area contributed by atoms with E-state index < -0.39 is 0 Å². The summed E-state index contributed by atoms with van der Waals surface area (Å²) >= 11 is 0. The topological polar surface area (TPSA) is 46.0 Å². The molecule has 0 saturated carbocycles. The van der Waals surface area contributed by atoms with E-state index in [0.717, 1.165) is 32.0 Å². The number of pyridine rings is 1. The van der Waals surface area contributed by atoms with Gasteiger partial charge in [0.1, 0.15) is 12.1 Å². The monoisotopic (exact) mass is 257 g/mol. The Kier molecular flexibility index (Phi) is 3.57. The fourth-order valence-corrected chi connectivity index (χ4v) is 2.47. The standard InChI is InChI=1S/C14H19N5/c1-12-9-18(6-5-16-12)10-13-2-3-14(17-8-13)19-7-4-15-11-19/h2-4,7-8,11-12,16H,5-6,9-10H2,1H3. The van der Waals surface area contributed by atoms with Gasteiger partial charge in [-0.15, -0.1) is 0 Å². The summed E-state index contributed by atoms with van der Waals surface area (Å²) in [7, 11) is 0. The molecule has 1 unspecified atom stereocenters. The van der Waals surface area contributed by atoms with Crippen LogP contribution >= 0.6 is 0 Å². The predicted molar refractivity (Wildman–Crippen MR) is 74.1 cm³/mol. The van der Waals surface area contributed by atoms with Gasteiger partial charge in [-0.3, -0.25) is 9.47 Å². The van der Waals surface area contributed by atoms with Gasteiger partial charge in [-0.05, 0) is 18.6 Å². The minimum atomic E-state index is 0.576. The Hall–Kier alpha value is -1.72. The smallest absolute Gasteiger partial charge is 0.137 e. The summed E-state index contributed by atoms with van der Waals surface area (Å²) in [6.45, 7) is 6.48. The maximum atomic E-state index is 4.49. The zero-order valence-electron chi connectivity index (χ0n) is 11.2. The molecule has 1 saturated heterocycles. The second-order valence-electron chi connectivity index (χ2n) is 5.08. The largest absolute Gasteiger partial charge is 0.312 e. The summed E-state index contributed by atoms with van der Waals surface area (Å²) < 4.78 is 1.91. The highest BCUT2D eigenvalue weighted by Crippen LogP contribution is 2.09. The molecule has 5 nitrogen and oxygen atoms in total. The van der Waals surface area contributed by atoms with Crippen LogP contribution in [0.2, 0.25) is 0 Å². The number of nitrogens with zero attached hydrogens (tertiary/aromatic N) is 4. The molecule has 100 valence electrons. The molecule has 19 heavy (non-hydrogen) atoms. The van der Waals surface area contributed by atoms with Gasteiger partial charge in [-0.1, -0.05) is 6.07 Å². The average Bonchev–Trinajstić information content (AvgIpc) is 2.94. The maximum Gasteiger partial charge on any atom is 0.137 e. The first-order valence-corrected chi connectivity index (χ1v) is 6.70. The highest BCUT2D eigenvalue weighted by Gasteiger charge is 2.15. The van der Waals surface area contributed by atoms with Crippen molar-refractivity contribution in [1.29, 1.82) is 0 Å². The van der Waals surface area contributed by atoms with E-state index in [1.165, 1.54) is 5.56 Å². The molecule has 0 bridgehead atoms. The third-order valence-corrected chi connectivity index (χ3v) is 3.44. The van der Waals surface area contributed by atoms with Crippen molar-refractivity contribution in [2.75, 3.05) is 19.6 Å². The average molecular weight is 257 g/mol. The van der Waals surface area contributed by atoms with Crippen molar-refractivity contribution in [3.05, 3.63) is 42.6 Å². The summed E-state index contributed by atoms with van der Waals surface area (Å²) in [6, 6.07) is 4.77. The van der Waals surface area contributed by atoms with E-state index >= 15 is 0 Å². The van der Waals surface area contributed by atoms with Crippen molar-refractivity contribution in [1.82, 2.24) is 24.8 Å². The first kappa shape index (κ1) is 12.3. The van der Waals surface area contributed by atoms with Crippen molar-refractivity contribution in [3.8, 4) is 5.82 Å². The summed E-state index contributed by atoms with van der Waals surface area (Å²) in [6.07, 6.45) is 7.39. The fourth-order valence-electron chi connectivity index (χ4n) is 2.47. The minimum absolute atomic E-state index is 0.576. The lowest BCUT2D eigenvalue weighted by Crippen LogP contribution is -2.48. The van der Waals surface area contributed by atoms with Gasteiger partial charge in [0.05, 0.1) is 0 Å². The molecule has 0 spiro atoms. The van der Waals surface area contributed by atoms with E-state index in [0.29, 0.717) is 6.04 Å². The first-order chi connectivity index (χ1) is 9.31. The number of hydrogen-bond acceptors (Lipinski definition) is 4. The summed E-state index contributed by atoms with van der Waals surface area (Å²) in [5.41, 5.74) is 1.26. The molecule has 1 aliphatic heterocycles. The molecule has 1 fully saturated rings. The van der Waals surface area contributed by atoms with Crippen molar-refractivity contribution < 1.29 is 0 Å². The molecule has 1 N–H and O–H groups in total. The highest BCUT2D eigenvalue weighted by atomic mass is 15.2. The van der Waals surface area contributed by atoms with Crippen LogP contribution < -0.4 is 5.32 Å². The van der Waals surface area contributed by atoms with E-state index in [1.54, 1.807) is 12.5 Å². The first-order valence-electron chi connectivity index (χ1n) is 6.70. The van der Waals surface area contributed by atoms with Crippen LogP contribution in [0, 0.1) is 0 Å². The number of imidazole rings is 1. The van der Waals surface area contributed by atoms with Gasteiger partial charge in [0.2, 0.25) is 0 Å². The third kappa shape index (κ3) is 3.00. The molecule has 2 aromatic heterocycles. The Morgan fingerprint density at radius 1 is 1.42 bits per heavy atom. The SMILES string of the molecule is CC1CN(Cc2ccc(-n3ccnc3)nc2)CCN1. The quantitative estimate of drug-likeness (QED) is 0.893. The number of rotatable bonds is 3. The van der Waals surface area contributed by atoms with Gasteiger partial charge < -0.3 is 5.32 Å². The Bertz CT molecular complexity index is 505. The Morgan fingerprint density at radius 3 is 3.05 bits per heavy atom. The molecular formula is C14H19N5. The van der Waals surface area contributed by atoms with Crippen LogP contribution in [0.5, 0.6) is 0 Å². The molecule has 3 rings (SSSR count).